The standard InChI is InChI=1S/C26H36N8O3/c1-15(2)30-21(9-11-27)24(35)32-23(22(17-5-6-17)18-7-8-18)25(36)31-19-13-29-34(14-19)16(3)20-10-12-28-33-26(20)37-4/h9-18,22-23H,5-8,27H2,1-4H3,(H,31,36)(H,32,35)/b11-9-,30-21?. The van der Waals surface area contributed by atoms with Crippen molar-refractivity contribution in [2.45, 2.75) is 64.6 Å². The molecule has 11 heteroatoms. The molecule has 2 atom stereocenters. The van der Waals surface area contributed by atoms with Crippen LogP contribution in [0.15, 0.2) is 41.9 Å². The normalized spacial score (nSPS) is 17.7. The summed E-state index contributed by atoms with van der Waals surface area (Å²) in [5.74, 6) is 0.728. The predicted molar refractivity (Wildman–Crippen MR) is 140 cm³/mol. The van der Waals surface area contributed by atoms with Gasteiger partial charge in [0.05, 0.1) is 31.2 Å². The van der Waals surface area contributed by atoms with Crippen LogP contribution in [0.5, 0.6) is 5.88 Å². The van der Waals surface area contributed by atoms with Crippen LogP contribution >= 0.6 is 0 Å². The van der Waals surface area contributed by atoms with Gasteiger partial charge in [-0.3, -0.25) is 19.3 Å². The topological polar surface area (TPSA) is 149 Å². The maximum absolute atomic E-state index is 13.6. The summed E-state index contributed by atoms with van der Waals surface area (Å²) in [6.45, 7) is 5.72. The summed E-state index contributed by atoms with van der Waals surface area (Å²) in [5, 5.41) is 18.3. The number of hydrogen-bond donors (Lipinski definition) is 3. The monoisotopic (exact) mass is 508 g/mol. The van der Waals surface area contributed by atoms with Gasteiger partial charge in [-0.1, -0.05) is 0 Å². The number of nitrogens with zero attached hydrogens (tertiary/aromatic N) is 5. The second kappa shape index (κ2) is 11.5. The van der Waals surface area contributed by atoms with E-state index in [9.17, 15) is 9.59 Å². The van der Waals surface area contributed by atoms with Gasteiger partial charge in [-0.25, -0.2) is 0 Å². The van der Waals surface area contributed by atoms with Crippen molar-refractivity contribution in [3.63, 3.8) is 0 Å². The Balaban J connectivity index is 1.53. The quantitative estimate of drug-likeness (QED) is 0.373. The van der Waals surface area contributed by atoms with Gasteiger partial charge in [-0.05, 0) is 82.6 Å². The first kappa shape index (κ1) is 26.3. The minimum Gasteiger partial charge on any atom is -0.480 e. The number of amides is 2. The summed E-state index contributed by atoms with van der Waals surface area (Å²) in [5.41, 5.74) is 7.12. The first-order valence-electron chi connectivity index (χ1n) is 12.8. The van der Waals surface area contributed by atoms with Gasteiger partial charge in [0.15, 0.2) is 0 Å². The largest absolute Gasteiger partial charge is 0.480 e. The Labute approximate surface area is 217 Å². The van der Waals surface area contributed by atoms with Crippen molar-refractivity contribution in [2.75, 3.05) is 12.4 Å². The van der Waals surface area contributed by atoms with Crippen molar-refractivity contribution >= 4 is 23.2 Å². The average molecular weight is 509 g/mol. The van der Waals surface area contributed by atoms with Crippen molar-refractivity contribution in [1.82, 2.24) is 25.3 Å². The number of rotatable bonds is 12. The Morgan fingerprint density at radius 2 is 1.92 bits per heavy atom. The summed E-state index contributed by atoms with van der Waals surface area (Å²) in [4.78, 5) is 31.2. The molecule has 0 aliphatic heterocycles. The number of anilines is 1. The number of carbonyl (C=O) groups is 2. The lowest BCUT2D eigenvalue weighted by atomic mass is 9.88. The van der Waals surface area contributed by atoms with Crippen LogP contribution in [0.1, 0.15) is 58.1 Å². The smallest absolute Gasteiger partial charge is 0.270 e. The number of aliphatic imine (C=N–C) groups is 1. The molecule has 2 aliphatic rings. The van der Waals surface area contributed by atoms with Crippen LogP contribution in [-0.4, -0.2) is 56.7 Å². The van der Waals surface area contributed by atoms with Crippen LogP contribution in [0, 0.1) is 17.8 Å². The Morgan fingerprint density at radius 1 is 1.22 bits per heavy atom. The van der Waals surface area contributed by atoms with Crippen LogP contribution in [-0.2, 0) is 9.59 Å². The molecule has 0 bridgehead atoms. The van der Waals surface area contributed by atoms with E-state index in [1.54, 1.807) is 30.4 Å². The van der Waals surface area contributed by atoms with Crippen LogP contribution < -0.4 is 21.1 Å². The molecule has 4 rings (SSSR count). The lowest BCUT2D eigenvalue weighted by molar-refractivity contribution is -0.124. The van der Waals surface area contributed by atoms with Gasteiger partial charge in [0, 0.05) is 17.8 Å². The van der Waals surface area contributed by atoms with Gasteiger partial charge in [0.1, 0.15) is 11.8 Å². The minimum absolute atomic E-state index is 0.0889. The molecule has 2 unspecified atom stereocenters. The van der Waals surface area contributed by atoms with Crippen molar-refractivity contribution in [3.05, 3.63) is 42.5 Å². The van der Waals surface area contributed by atoms with E-state index in [1.807, 2.05) is 26.8 Å². The van der Waals surface area contributed by atoms with E-state index < -0.39 is 11.9 Å². The highest BCUT2D eigenvalue weighted by atomic mass is 16.5. The number of ether oxygens (including phenoxy) is 1. The first-order valence-corrected chi connectivity index (χ1v) is 12.8. The molecule has 0 spiro atoms. The molecule has 2 saturated carbocycles. The first-order chi connectivity index (χ1) is 17.8. The SMILES string of the molecule is COc1nnccc1C(C)n1cc(NC(=O)C(NC(=O)C(/C=C\N)=NC(C)C)C(C2CC2)C2CC2)cn1. The molecule has 2 aliphatic carbocycles. The molecule has 0 saturated heterocycles. The fraction of sp³-hybridized carbons (Fsp3) is 0.538. The molecule has 2 fully saturated rings. The second-order valence-electron chi connectivity index (χ2n) is 10.0. The fourth-order valence-corrected chi connectivity index (χ4v) is 4.77. The third kappa shape index (κ3) is 6.52. The van der Waals surface area contributed by atoms with E-state index in [0.717, 1.165) is 31.2 Å². The van der Waals surface area contributed by atoms with E-state index in [4.69, 9.17) is 10.5 Å². The van der Waals surface area contributed by atoms with Crippen LogP contribution in [0.2, 0.25) is 0 Å². The van der Waals surface area contributed by atoms with Crippen molar-refractivity contribution in [1.29, 1.82) is 0 Å². The number of hydrogen-bond acceptors (Lipinski definition) is 8. The summed E-state index contributed by atoms with van der Waals surface area (Å²) >= 11 is 0. The number of nitrogens with one attached hydrogen (secondary N) is 2. The van der Waals surface area contributed by atoms with Gasteiger partial charge in [-0.2, -0.15) is 10.2 Å². The molecule has 2 amide bonds. The number of carbonyl (C=O) groups excluding carboxylic acids is 2. The number of aromatic nitrogens is 4. The Morgan fingerprint density at radius 3 is 2.51 bits per heavy atom. The molecule has 0 aromatic carbocycles. The molecular weight excluding hydrogens is 472 g/mol. The van der Waals surface area contributed by atoms with Crippen molar-refractivity contribution < 1.29 is 14.3 Å². The fourth-order valence-electron chi connectivity index (χ4n) is 4.77. The van der Waals surface area contributed by atoms with Crippen LogP contribution in [0.3, 0.4) is 0 Å². The molecule has 0 radical (unpaired) electrons. The molecular formula is C26H36N8O3. The molecule has 2 aromatic heterocycles. The maximum atomic E-state index is 13.6. The molecule has 2 heterocycles. The average Bonchev–Trinajstić information content (AvgIpc) is 3.82. The van der Waals surface area contributed by atoms with Crippen LogP contribution in [0.4, 0.5) is 5.69 Å². The Hall–Kier alpha value is -3.76. The van der Waals surface area contributed by atoms with Gasteiger partial charge in [0.25, 0.3) is 5.91 Å². The van der Waals surface area contributed by atoms with E-state index >= 15 is 0 Å². The third-order valence-corrected chi connectivity index (χ3v) is 6.80. The predicted octanol–water partition coefficient (Wildman–Crippen LogP) is 2.47. The minimum atomic E-state index is -0.679. The highest BCUT2D eigenvalue weighted by molar-refractivity contribution is 6.43. The second-order valence-corrected chi connectivity index (χ2v) is 10.0. The molecule has 37 heavy (non-hydrogen) atoms. The highest BCUT2D eigenvalue weighted by Gasteiger charge is 2.48. The molecule has 2 aromatic rings. The summed E-state index contributed by atoms with van der Waals surface area (Å²) in [6, 6.07) is 0.856. The van der Waals surface area contributed by atoms with Crippen molar-refractivity contribution in [3.8, 4) is 5.88 Å². The van der Waals surface area contributed by atoms with Gasteiger partial charge in [0.2, 0.25) is 11.8 Å². The summed E-state index contributed by atoms with van der Waals surface area (Å²) in [7, 11) is 1.54. The summed E-state index contributed by atoms with van der Waals surface area (Å²) in [6.07, 6.45) is 12.0. The Kier molecular flexibility index (Phi) is 8.20. The maximum Gasteiger partial charge on any atom is 0.270 e. The Bertz CT molecular complexity index is 1150. The lowest BCUT2D eigenvalue weighted by Crippen LogP contribution is -2.51. The highest BCUT2D eigenvalue weighted by Crippen LogP contribution is 2.50. The zero-order valence-corrected chi connectivity index (χ0v) is 21.8. The van der Waals surface area contributed by atoms with E-state index in [-0.39, 0.29) is 29.6 Å². The number of methoxy groups -OCH3 is 1. The molecule has 198 valence electrons. The van der Waals surface area contributed by atoms with Gasteiger partial charge < -0.3 is 21.1 Å². The van der Waals surface area contributed by atoms with Crippen LogP contribution in [0.25, 0.3) is 0 Å². The van der Waals surface area contributed by atoms with Crippen molar-refractivity contribution in [2.24, 2.45) is 28.5 Å². The molecule has 11 nitrogen and oxygen atoms in total. The van der Waals surface area contributed by atoms with E-state index in [1.165, 1.54) is 12.3 Å². The van der Waals surface area contributed by atoms with E-state index in [0.29, 0.717) is 23.4 Å². The van der Waals surface area contributed by atoms with Gasteiger partial charge in [-0.15, -0.1) is 5.10 Å². The molecule has 4 N–H and O–H groups in total. The zero-order chi connectivity index (χ0) is 26.5. The lowest BCUT2D eigenvalue weighted by Gasteiger charge is -2.27. The summed E-state index contributed by atoms with van der Waals surface area (Å²) < 4.78 is 7.05. The van der Waals surface area contributed by atoms with E-state index in [2.05, 4.69) is 30.9 Å². The third-order valence-electron chi connectivity index (χ3n) is 6.80. The van der Waals surface area contributed by atoms with Gasteiger partial charge >= 0.3 is 0 Å². The number of nitrogens with two attached hydrogens (primary N) is 1. The zero-order valence-electron chi connectivity index (χ0n) is 21.8.